The minimum atomic E-state index is -0.446. The van der Waals surface area contributed by atoms with Gasteiger partial charge in [0.05, 0.1) is 22.0 Å². The van der Waals surface area contributed by atoms with Gasteiger partial charge >= 0.3 is 0 Å². The van der Waals surface area contributed by atoms with Gasteiger partial charge in [-0.05, 0) is 30.7 Å². The summed E-state index contributed by atoms with van der Waals surface area (Å²) in [6, 6.07) is 8.07. The van der Waals surface area contributed by atoms with E-state index >= 15 is 0 Å². The third-order valence-electron chi connectivity index (χ3n) is 2.60. The molecule has 0 radical (unpaired) electrons. The molecule has 2 aromatic rings. The predicted octanol–water partition coefficient (Wildman–Crippen LogP) is 2.76. The van der Waals surface area contributed by atoms with Crippen molar-refractivity contribution in [3.63, 3.8) is 0 Å². The van der Waals surface area contributed by atoms with Crippen LogP contribution in [-0.4, -0.2) is 12.5 Å². The standard InChI is InChI=1S/C15H13FN2OS/c1-10-4-2-6-12(16)14(10)18-15(19)13-8-7-11(20-13)5-3-9-17/h2,4,6-8H,9,17H2,1H3,(H,18,19). The zero-order chi connectivity index (χ0) is 14.5. The van der Waals surface area contributed by atoms with Crippen LogP contribution in [0, 0.1) is 24.6 Å². The number of nitrogens with two attached hydrogens (primary N) is 1. The van der Waals surface area contributed by atoms with Crippen molar-refractivity contribution in [2.45, 2.75) is 6.92 Å². The average Bonchev–Trinajstić information content (AvgIpc) is 2.89. The van der Waals surface area contributed by atoms with Crippen molar-refractivity contribution in [3.05, 3.63) is 51.5 Å². The number of amides is 1. The van der Waals surface area contributed by atoms with E-state index in [1.807, 2.05) is 0 Å². The van der Waals surface area contributed by atoms with Crippen molar-refractivity contribution in [2.75, 3.05) is 11.9 Å². The number of rotatable bonds is 2. The Morgan fingerprint density at radius 2 is 2.20 bits per heavy atom. The van der Waals surface area contributed by atoms with E-state index in [4.69, 9.17) is 5.73 Å². The minimum Gasteiger partial charge on any atom is -0.320 e. The summed E-state index contributed by atoms with van der Waals surface area (Å²) in [4.78, 5) is 13.3. The largest absolute Gasteiger partial charge is 0.320 e. The van der Waals surface area contributed by atoms with Crippen LogP contribution in [0.3, 0.4) is 0 Å². The van der Waals surface area contributed by atoms with Gasteiger partial charge in [-0.3, -0.25) is 4.79 Å². The summed E-state index contributed by atoms with van der Waals surface area (Å²) in [5, 5.41) is 2.59. The van der Waals surface area contributed by atoms with Crippen molar-refractivity contribution >= 4 is 22.9 Å². The molecule has 0 unspecified atom stereocenters. The second kappa shape index (κ2) is 6.33. The molecule has 0 aliphatic rings. The van der Waals surface area contributed by atoms with E-state index in [-0.39, 0.29) is 18.1 Å². The number of carbonyl (C=O) groups is 1. The number of para-hydroxylation sites is 1. The van der Waals surface area contributed by atoms with E-state index in [1.54, 1.807) is 31.2 Å². The van der Waals surface area contributed by atoms with Crippen LogP contribution in [0.1, 0.15) is 20.1 Å². The topological polar surface area (TPSA) is 55.1 Å². The van der Waals surface area contributed by atoms with Gasteiger partial charge in [-0.25, -0.2) is 4.39 Å². The summed E-state index contributed by atoms with van der Waals surface area (Å²) in [5.74, 6) is 4.79. The zero-order valence-corrected chi connectivity index (χ0v) is 11.7. The third-order valence-corrected chi connectivity index (χ3v) is 3.60. The number of hydrogen-bond donors (Lipinski definition) is 2. The highest BCUT2D eigenvalue weighted by atomic mass is 32.1. The van der Waals surface area contributed by atoms with Crippen LogP contribution < -0.4 is 11.1 Å². The first-order valence-electron chi connectivity index (χ1n) is 5.97. The molecule has 5 heteroatoms. The summed E-state index contributed by atoms with van der Waals surface area (Å²) >= 11 is 1.25. The van der Waals surface area contributed by atoms with E-state index in [0.29, 0.717) is 10.4 Å². The maximum Gasteiger partial charge on any atom is 0.265 e. The number of hydrogen-bond acceptors (Lipinski definition) is 3. The first kappa shape index (κ1) is 14.3. The predicted molar refractivity (Wildman–Crippen MR) is 79.3 cm³/mol. The molecule has 0 bridgehead atoms. The molecule has 1 aromatic carbocycles. The Morgan fingerprint density at radius 1 is 1.40 bits per heavy atom. The molecule has 0 spiro atoms. The molecule has 0 saturated heterocycles. The molecule has 3 N–H and O–H groups in total. The van der Waals surface area contributed by atoms with Crippen LogP contribution in [0.15, 0.2) is 30.3 Å². The van der Waals surface area contributed by atoms with E-state index in [0.717, 1.165) is 4.88 Å². The summed E-state index contributed by atoms with van der Waals surface area (Å²) in [5.41, 5.74) is 6.18. The van der Waals surface area contributed by atoms with Gasteiger partial charge in [0.15, 0.2) is 0 Å². The number of anilines is 1. The number of thiophene rings is 1. The van der Waals surface area contributed by atoms with Gasteiger partial charge < -0.3 is 11.1 Å². The smallest absolute Gasteiger partial charge is 0.265 e. The normalized spacial score (nSPS) is 9.75. The fraction of sp³-hybridized carbons (Fsp3) is 0.133. The summed E-state index contributed by atoms with van der Waals surface area (Å²) in [6.45, 7) is 2.01. The molecular formula is C15H13FN2OS. The lowest BCUT2D eigenvalue weighted by Crippen LogP contribution is -2.12. The first-order chi connectivity index (χ1) is 9.61. The molecule has 2 rings (SSSR count). The van der Waals surface area contributed by atoms with E-state index < -0.39 is 5.82 Å². The van der Waals surface area contributed by atoms with E-state index in [2.05, 4.69) is 17.2 Å². The Morgan fingerprint density at radius 3 is 2.90 bits per heavy atom. The molecule has 102 valence electrons. The quantitative estimate of drug-likeness (QED) is 0.835. The number of benzene rings is 1. The van der Waals surface area contributed by atoms with Crippen LogP contribution in [0.4, 0.5) is 10.1 Å². The molecule has 0 saturated carbocycles. The van der Waals surface area contributed by atoms with Gasteiger partial charge in [0.2, 0.25) is 0 Å². The fourth-order valence-corrected chi connectivity index (χ4v) is 2.41. The molecular weight excluding hydrogens is 275 g/mol. The Balaban J connectivity index is 2.18. The van der Waals surface area contributed by atoms with Gasteiger partial charge in [0, 0.05) is 0 Å². The lowest BCUT2D eigenvalue weighted by atomic mass is 10.2. The average molecular weight is 288 g/mol. The summed E-state index contributed by atoms with van der Waals surface area (Å²) < 4.78 is 13.7. The van der Waals surface area contributed by atoms with Crippen LogP contribution in [0.2, 0.25) is 0 Å². The van der Waals surface area contributed by atoms with Crippen LogP contribution in [0.25, 0.3) is 0 Å². The maximum atomic E-state index is 13.7. The molecule has 0 atom stereocenters. The lowest BCUT2D eigenvalue weighted by Gasteiger charge is -2.07. The Kier molecular flexibility index (Phi) is 4.51. The van der Waals surface area contributed by atoms with Crippen LogP contribution in [-0.2, 0) is 0 Å². The lowest BCUT2D eigenvalue weighted by molar-refractivity contribution is 0.103. The van der Waals surface area contributed by atoms with E-state index in [1.165, 1.54) is 17.4 Å². The number of halogens is 1. The summed E-state index contributed by atoms with van der Waals surface area (Å²) in [6.07, 6.45) is 0. The third kappa shape index (κ3) is 3.23. The molecule has 20 heavy (non-hydrogen) atoms. The highest BCUT2D eigenvalue weighted by Crippen LogP contribution is 2.22. The van der Waals surface area contributed by atoms with Gasteiger partial charge in [0.1, 0.15) is 5.82 Å². The molecule has 0 aliphatic heterocycles. The molecule has 1 aromatic heterocycles. The molecule has 0 aliphatic carbocycles. The van der Waals surface area contributed by atoms with Gasteiger partial charge in [-0.15, -0.1) is 11.3 Å². The zero-order valence-electron chi connectivity index (χ0n) is 10.9. The van der Waals surface area contributed by atoms with Crippen molar-refractivity contribution in [2.24, 2.45) is 5.73 Å². The summed E-state index contributed by atoms with van der Waals surface area (Å²) in [7, 11) is 0. The minimum absolute atomic E-state index is 0.209. The number of nitrogens with one attached hydrogen (secondary N) is 1. The van der Waals surface area contributed by atoms with Crippen LogP contribution in [0.5, 0.6) is 0 Å². The first-order valence-corrected chi connectivity index (χ1v) is 6.78. The molecule has 0 fully saturated rings. The van der Waals surface area contributed by atoms with Crippen LogP contribution >= 0.6 is 11.3 Å². The Bertz CT molecular complexity index is 677. The number of carbonyl (C=O) groups excluding carboxylic acids is 1. The van der Waals surface area contributed by atoms with Gasteiger partial charge in [0.25, 0.3) is 5.91 Å². The molecule has 1 amide bonds. The highest BCUT2D eigenvalue weighted by Gasteiger charge is 2.12. The van der Waals surface area contributed by atoms with Crippen molar-refractivity contribution in [1.82, 2.24) is 0 Å². The van der Waals surface area contributed by atoms with Gasteiger partial charge in [-0.2, -0.15) is 0 Å². The Labute approximate surface area is 120 Å². The van der Waals surface area contributed by atoms with E-state index in [9.17, 15) is 9.18 Å². The fourth-order valence-electron chi connectivity index (χ4n) is 1.63. The highest BCUT2D eigenvalue weighted by molar-refractivity contribution is 7.14. The maximum absolute atomic E-state index is 13.7. The molecule has 3 nitrogen and oxygen atoms in total. The Hall–Kier alpha value is -2.16. The monoisotopic (exact) mass is 288 g/mol. The van der Waals surface area contributed by atoms with Crippen molar-refractivity contribution < 1.29 is 9.18 Å². The van der Waals surface area contributed by atoms with Gasteiger partial charge in [-0.1, -0.05) is 24.0 Å². The second-order valence-electron chi connectivity index (χ2n) is 4.06. The van der Waals surface area contributed by atoms with Crippen molar-refractivity contribution in [1.29, 1.82) is 0 Å². The SMILES string of the molecule is Cc1cccc(F)c1NC(=O)c1ccc(C#CCN)s1. The molecule has 1 heterocycles. The number of aryl methyl sites for hydroxylation is 1. The van der Waals surface area contributed by atoms with Crippen molar-refractivity contribution in [3.8, 4) is 11.8 Å². The second-order valence-corrected chi connectivity index (χ2v) is 5.14.